The van der Waals surface area contributed by atoms with Gasteiger partial charge in [-0.25, -0.2) is 0 Å². The molecule has 2 saturated carbocycles. The van der Waals surface area contributed by atoms with Crippen LogP contribution in [0.4, 0.5) is 5.69 Å². The van der Waals surface area contributed by atoms with Crippen molar-refractivity contribution in [1.29, 1.82) is 0 Å². The molecule has 150 valence electrons. The van der Waals surface area contributed by atoms with Crippen LogP contribution in [0.25, 0.3) is 21.5 Å². The molecule has 2 aliphatic carbocycles. The Bertz CT molecular complexity index is 692. The number of nitrogens with zero attached hydrogens (tertiary/aromatic N) is 3. The van der Waals surface area contributed by atoms with Gasteiger partial charge in [-0.1, -0.05) is 36.6 Å². The van der Waals surface area contributed by atoms with Gasteiger partial charge in [0.15, 0.2) is 0 Å². The molecule has 0 spiro atoms. The van der Waals surface area contributed by atoms with Crippen LogP contribution in [0.1, 0.15) is 12.8 Å². The van der Waals surface area contributed by atoms with Crippen molar-refractivity contribution < 1.29 is 17.1 Å². The van der Waals surface area contributed by atoms with Crippen LogP contribution in [-0.2, 0) is 17.1 Å². The van der Waals surface area contributed by atoms with Crippen LogP contribution < -0.4 is 0 Å². The van der Waals surface area contributed by atoms with E-state index in [0.717, 1.165) is 49.1 Å². The zero-order valence-electron chi connectivity index (χ0n) is 16.2. The fourth-order valence-corrected chi connectivity index (χ4v) is 2.99. The third-order valence-corrected chi connectivity index (χ3v) is 4.50. The second-order valence-electron chi connectivity index (χ2n) is 6.44. The molecular formula is C24H24ClFeN3. The molecule has 0 bridgehead atoms. The predicted octanol–water partition coefficient (Wildman–Crippen LogP) is 6.47. The number of benzene rings is 1. The number of hydrogen-bond acceptors (Lipinski definition) is 1. The van der Waals surface area contributed by atoms with Gasteiger partial charge in [-0.05, 0) is 81.2 Å². The van der Waals surface area contributed by atoms with Crippen molar-refractivity contribution in [3.05, 3.63) is 110 Å². The molecule has 4 rings (SSSR count). The van der Waals surface area contributed by atoms with Gasteiger partial charge < -0.3 is 10.6 Å². The van der Waals surface area contributed by atoms with Gasteiger partial charge in [0.2, 0.25) is 0 Å². The predicted molar refractivity (Wildman–Crippen MR) is 119 cm³/mol. The first kappa shape index (κ1) is 24.5. The second-order valence-corrected chi connectivity index (χ2v) is 6.88. The molecular weight excluding hydrogens is 422 g/mol. The van der Waals surface area contributed by atoms with Gasteiger partial charge in [0.1, 0.15) is 0 Å². The second kappa shape index (κ2) is 14.2. The number of unbranched alkanes of at least 4 members (excludes halogenated alkanes) is 1. The molecule has 0 N–H and O–H groups in total. The zero-order valence-corrected chi connectivity index (χ0v) is 18.1. The Hall–Kier alpha value is -0.801. The van der Waals surface area contributed by atoms with Crippen molar-refractivity contribution in [2.75, 3.05) is 19.6 Å². The summed E-state index contributed by atoms with van der Waals surface area (Å²) in [4.78, 5) is 4.34. The average Bonchev–Trinajstić information content (AvgIpc) is 3.44. The molecule has 2 aromatic rings. The van der Waals surface area contributed by atoms with E-state index in [1.165, 1.54) is 5.92 Å². The maximum atomic E-state index is 6.00. The zero-order chi connectivity index (χ0) is 19.4. The molecule has 1 heterocycles. The van der Waals surface area contributed by atoms with E-state index in [2.05, 4.69) is 41.3 Å². The van der Waals surface area contributed by atoms with Crippen LogP contribution >= 0.6 is 11.6 Å². The van der Waals surface area contributed by atoms with Gasteiger partial charge in [0.05, 0.1) is 5.52 Å². The van der Waals surface area contributed by atoms with Crippen molar-refractivity contribution in [3.63, 3.8) is 0 Å². The Morgan fingerprint density at radius 1 is 0.828 bits per heavy atom. The minimum Gasteiger partial charge on any atom is -0.684 e. The summed E-state index contributed by atoms with van der Waals surface area (Å²) in [6.07, 6.45) is 22.2. The molecule has 5 heteroatoms. The molecule has 10 radical (unpaired) electrons. The van der Waals surface area contributed by atoms with Crippen LogP contribution in [0, 0.1) is 63.7 Å². The quantitative estimate of drug-likeness (QED) is 0.339. The molecule has 0 saturated heterocycles. The standard InChI is InChI=1S/C19H19ClN3.C5H5.Fe/c20-16-7-8-17-18(9-12-23-19(17)13-16)22-11-4-3-10-21-14-15-5-1-2-6-15;1-2-4-5-3-1;/h1-2,5-9,12-13H,3-4,10-11,14H2;1-5H;/q-2;;+2. The fraction of sp³-hybridized carbons (Fsp3) is 0.208. The van der Waals surface area contributed by atoms with E-state index in [4.69, 9.17) is 11.6 Å². The Kier molecular flexibility index (Phi) is 12.0. The van der Waals surface area contributed by atoms with Crippen molar-refractivity contribution in [2.24, 2.45) is 0 Å². The first-order chi connectivity index (χ1) is 13.8. The first-order valence-electron chi connectivity index (χ1n) is 9.55. The van der Waals surface area contributed by atoms with Crippen LogP contribution in [0.2, 0.25) is 5.02 Å². The third-order valence-electron chi connectivity index (χ3n) is 4.27. The largest absolute Gasteiger partial charge is 2.00 e. The van der Waals surface area contributed by atoms with Gasteiger partial charge >= 0.3 is 17.1 Å². The van der Waals surface area contributed by atoms with E-state index >= 15 is 0 Å². The van der Waals surface area contributed by atoms with E-state index < -0.39 is 0 Å². The molecule has 3 nitrogen and oxygen atoms in total. The summed E-state index contributed by atoms with van der Waals surface area (Å²) >= 11 is 6.00. The van der Waals surface area contributed by atoms with Gasteiger partial charge in [0, 0.05) is 11.2 Å². The van der Waals surface area contributed by atoms with Crippen molar-refractivity contribution >= 4 is 28.2 Å². The maximum Gasteiger partial charge on any atom is 2.00 e. The van der Waals surface area contributed by atoms with E-state index in [0.29, 0.717) is 5.02 Å². The summed E-state index contributed by atoms with van der Waals surface area (Å²) in [6, 6.07) is 7.69. The van der Waals surface area contributed by atoms with Crippen LogP contribution in [0.15, 0.2) is 30.5 Å². The SMILES string of the molecule is Clc1ccc2c([N-]CCCC[N-]C[C]3[CH][CH][CH][CH]3)ccnc2c1.[CH]1[CH][CH][CH][CH]1.[Fe+2]. The average molecular weight is 446 g/mol. The molecule has 29 heavy (non-hydrogen) atoms. The van der Waals surface area contributed by atoms with Crippen LogP contribution in [0.3, 0.4) is 0 Å². The summed E-state index contributed by atoms with van der Waals surface area (Å²) in [7, 11) is 0. The number of halogens is 1. The summed E-state index contributed by atoms with van der Waals surface area (Å²) < 4.78 is 0. The van der Waals surface area contributed by atoms with E-state index in [1.54, 1.807) is 6.20 Å². The number of hydrogen-bond donors (Lipinski definition) is 0. The Balaban J connectivity index is 0.000000437. The molecule has 0 atom stereocenters. The summed E-state index contributed by atoms with van der Waals surface area (Å²) in [6.45, 7) is 2.53. The molecule has 0 unspecified atom stereocenters. The number of aromatic nitrogens is 1. The minimum absolute atomic E-state index is 0. The monoisotopic (exact) mass is 445 g/mol. The summed E-state index contributed by atoms with van der Waals surface area (Å²) in [5.41, 5.74) is 1.88. The fourth-order valence-electron chi connectivity index (χ4n) is 2.83. The van der Waals surface area contributed by atoms with Gasteiger partial charge in [0.25, 0.3) is 0 Å². The summed E-state index contributed by atoms with van der Waals surface area (Å²) in [5, 5.41) is 11.0. The topological polar surface area (TPSA) is 41.1 Å². The smallest absolute Gasteiger partial charge is 0.684 e. The molecule has 0 amide bonds. The van der Waals surface area contributed by atoms with E-state index in [1.807, 2.05) is 56.4 Å². The van der Waals surface area contributed by atoms with Gasteiger partial charge in [-0.3, -0.25) is 4.98 Å². The Morgan fingerprint density at radius 2 is 1.52 bits per heavy atom. The number of pyridine rings is 1. The molecule has 1 aromatic heterocycles. The van der Waals surface area contributed by atoms with Crippen molar-refractivity contribution in [3.8, 4) is 0 Å². The Labute approximate surface area is 192 Å². The third kappa shape index (κ3) is 8.84. The van der Waals surface area contributed by atoms with E-state index in [-0.39, 0.29) is 17.1 Å². The van der Waals surface area contributed by atoms with Gasteiger partial charge in [-0.2, -0.15) is 0 Å². The van der Waals surface area contributed by atoms with Crippen LogP contribution in [0.5, 0.6) is 0 Å². The maximum absolute atomic E-state index is 6.00. The minimum atomic E-state index is 0. The number of fused-ring (bicyclic) bond motifs is 1. The first-order valence-corrected chi connectivity index (χ1v) is 9.93. The van der Waals surface area contributed by atoms with Gasteiger partial charge in [-0.15, -0.1) is 25.3 Å². The van der Waals surface area contributed by atoms with Crippen molar-refractivity contribution in [1.82, 2.24) is 4.98 Å². The van der Waals surface area contributed by atoms with E-state index in [9.17, 15) is 0 Å². The summed E-state index contributed by atoms with van der Waals surface area (Å²) in [5.74, 6) is 1.29. The number of rotatable bonds is 8. The normalized spacial score (nSPS) is 16.3. The molecule has 1 aromatic carbocycles. The molecule has 0 aliphatic heterocycles. The Morgan fingerprint density at radius 3 is 2.24 bits per heavy atom. The van der Waals surface area contributed by atoms with Crippen molar-refractivity contribution in [2.45, 2.75) is 12.8 Å². The molecule has 2 fully saturated rings. The van der Waals surface area contributed by atoms with Crippen LogP contribution in [-0.4, -0.2) is 24.6 Å². The molecule has 2 aliphatic rings.